The average molecular weight is 305 g/mol. The van der Waals surface area contributed by atoms with Gasteiger partial charge in [0.25, 0.3) is 5.91 Å². The number of aromatic nitrogens is 2. The van der Waals surface area contributed by atoms with Crippen LogP contribution in [-0.2, 0) is 4.79 Å². The first-order chi connectivity index (χ1) is 8.75. The summed E-state index contributed by atoms with van der Waals surface area (Å²) < 4.78 is 0.811. The first-order valence-corrected chi connectivity index (χ1v) is 6.12. The van der Waals surface area contributed by atoms with E-state index < -0.39 is 0 Å². The Morgan fingerprint density at radius 3 is 2.94 bits per heavy atom. The number of hydrogen-bond donors (Lipinski definition) is 3. The van der Waals surface area contributed by atoms with Gasteiger partial charge in [0.05, 0.1) is 10.0 Å². The van der Waals surface area contributed by atoms with Crippen molar-refractivity contribution < 1.29 is 4.79 Å². The summed E-state index contributed by atoms with van der Waals surface area (Å²) >= 11 is 3.34. The largest absolute Gasteiger partial charge is 0.343 e. The van der Waals surface area contributed by atoms with Crippen molar-refractivity contribution in [2.24, 2.45) is 0 Å². The van der Waals surface area contributed by atoms with Crippen LogP contribution in [0.3, 0.4) is 0 Å². The lowest BCUT2D eigenvalue weighted by atomic mass is 10.1. The maximum atomic E-state index is 11.8. The molecule has 18 heavy (non-hydrogen) atoms. The number of H-pyrrole nitrogens is 1. The Bertz CT molecular complexity index is 647. The first-order valence-electron chi connectivity index (χ1n) is 5.32. The molecule has 0 aliphatic carbocycles. The number of anilines is 2. The molecule has 1 amide bonds. The molecule has 0 atom stereocenters. The molecule has 2 aromatic rings. The van der Waals surface area contributed by atoms with Crippen LogP contribution in [0.1, 0.15) is 5.56 Å². The fourth-order valence-corrected chi connectivity index (χ4v) is 2.10. The summed E-state index contributed by atoms with van der Waals surface area (Å²) in [6.45, 7) is 0. The summed E-state index contributed by atoms with van der Waals surface area (Å²) in [5, 5.41) is 12.5. The second kappa shape index (κ2) is 4.30. The van der Waals surface area contributed by atoms with E-state index in [0.717, 1.165) is 15.7 Å². The van der Waals surface area contributed by atoms with Crippen molar-refractivity contribution in [3.63, 3.8) is 0 Å². The molecule has 3 N–H and O–H groups in total. The molecular weight excluding hydrogens is 296 g/mol. The van der Waals surface area contributed by atoms with Crippen LogP contribution in [0.25, 0.3) is 5.57 Å². The summed E-state index contributed by atoms with van der Waals surface area (Å²) in [4.78, 5) is 11.8. The summed E-state index contributed by atoms with van der Waals surface area (Å²) in [6.07, 6.45) is 3.37. The number of para-hydroxylation sites is 1. The molecule has 6 heteroatoms. The SMILES string of the molecule is O=C1Nc2ccccc2/C1=C\Nc1n[nH]cc1Br. The minimum absolute atomic E-state index is 0.115. The summed E-state index contributed by atoms with van der Waals surface area (Å²) in [6, 6.07) is 7.57. The number of nitrogens with one attached hydrogen (secondary N) is 3. The highest BCUT2D eigenvalue weighted by Crippen LogP contribution is 2.31. The van der Waals surface area contributed by atoms with Crippen molar-refractivity contribution in [3.8, 4) is 0 Å². The van der Waals surface area contributed by atoms with Gasteiger partial charge in [0, 0.05) is 23.6 Å². The van der Waals surface area contributed by atoms with E-state index in [4.69, 9.17) is 0 Å². The molecule has 3 rings (SSSR count). The summed E-state index contributed by atoms with van der Waals surface area (Å²) in [5.74, 6) is 0.523. The Morgan fingerprint density at radius 2 is 2.17 bits per heavy atom. The molecule has 0 saturated heterocycles. The molecule has 5 nitrogen and oxygen atoms in total. The highest BCUT2D eigenvalue weighted by atomic mass is 79.9. The van der Waals surface area contributed by atoms with E-state index in [0.29, 0.717) is 11.4 Å². The molecule has 0 radical (unpaired) electrons. The lowest BCUT2D eigenvalue weighted by molar-refractivity contribution is -0.110. The molecule has 90 valence electrons. The van der Waals surface area contributed by atoms with Crippen LogP contribution in [0.5, 0.6) is 0 Å². The van der Waals surface area contributed by atoms with Crippen LogP contribution in [0.15, 0.2) is 41.1 Å². The topological polar surface area (TPSA) is 69.8 Å². The maximum Gasteiger partial charge on any atom is 0.257 e. The van der Waals surface area contributed by atoms with Crippen LogP contribution < -0.4 is 10.6 Å². The van der Waals surface area contributed by atoms with Gasteiger partial charge in [0.2, 0.25) is 0 Å². The van der Waals surface area contributed by atoms with Crippen LogP contribution in [0, 0.1) is 0 Å². The van der Waals surface area contributed by atoms with Gasteiger partial charge in [-0.15, -0.1) is 0 Å². The number of aromatic amines is 1. The second-order valence-corrected chi connectivity index (χ2v) is 4.64. The van der Waals surface area contributed by atoms with Gasteiger partial charge >= 0.3 is 0 Å². The minimum atomic E-state index is -0.115. The second-order valence-electron chi connectivity index (χ2n) is 3.78. The van der Waals surface area contributed by atoms with Crippen molar-refractivity contribution in [2.75, 3.05) is 10.6 Å². The van der Waals surface area contributed by atoms with Crippen LogP contribution in [0.2, 0.25) is 0 Å². The van der Waals surface area contributed by atoms with Crippen LogP contribution in [0.4, 0.5) is 11.5 Å². The number of benzene rings is 1. The lowest BCUT2D eigenvalue weighted by Crippen LogP contribution is -2.05. The highest BCUT2D eigenvalue weighted by molar-refractivity contribution is 9.10. The van der Waals surface area contributed by atoms with Gasteiger partial charge in [-0.05, 0) is 22.0 Å². The Balaban J connectivity index is 1.93. The summed E-state index contributed by atoms with van der Waals surface area (Å²) in [5.41, 5.74) is 2.32. The van der Waals surface area contributed by atoms with E-state index in [-0.39, 0.29) is 5.91 Å². The molecular formula is C12H9BrN4O. The third kappa shape index (κ3) is 1.80. The molecule has 0 bridgehead atoms. The molecule has 1 aromatic carbocycles. The Morgan fingerprint density at radius 1 is 1.33 bits per heavy atom. The maximum absolute atomic E-state index is 11.8. The average Bonchev–Trinajstić information content (AvgIpc) is 2.90. The van der Waals surface area contributed by atoms with E-state index in [1.54, 1.807) is 12.4 Å². The van der Waals surface area contributed by atoms with E-state index in [1.165, 1.54) is 0 Å². The van der Waals surface area contributed by atoms with Crippen molar-refractivity contribution in [2.45, 2.75) is 0 Å². The van der Waals surface area contributed by atoms with Gasteiger partial charge in [-0.2, -0.15) is 5.10 Å². The van der Waals surface area contributed by atoms with Gasteiger partial charge in [0.1, 0.15) is 0 Å². The number of rotatable bonds is 2. The fourth-order valence-electron chi connectivity index (χ4n) is 1.80. The van der Waals surface area contributed by atoms with Crippen molar-refractivity contribution in [1.29, 1.82) is 0 Å². The van der Waals surface area contributed by atoms with Gasteiger partial charge in [-0.1, -0.05) is 18.2 Å². The van der Waals surface area contributed by atoms with Crippen LogP contribution in [-0.4, -0.2) is 16.1 Å². The van der Waals surface area contributed by atoms with Gasteiger partial charge in [-0.25, -0.2) is 0 Å². The summed E-state index contributed by atoms with van der Waals surface area (Å²) in [7, 11) is 0. The smallest absolute Gasteiger partial charge is 0.257 e. The molecule has 0 saturated carbocycles. The molecule has 0 unspecified atom stereocenters. The van der Waals surface area contributed by atoms with E-state index in [2.05, 4.69) is 36.8 Å². The number of carbonyl (C=O) groups excluding carboxylic acids is 1. The zero-order valence-corrected chi connectivity index (χ0v) is 10.8. The normalized spacial score (nSPS) is 15.6. The number of halogens is 1. The monoisotopic (exact) mass is 304 g/mol. The lowest BCUT2D eigenvalue weighted by Gasteiger charge is -1.99. The zero-order chi connectivity index (χ0) is 12.5. The molecule has 0 spiro atoms. The Hall–Kier alpha value is -2.08. The number of nitrogens with zero attached hydrogens (tertiary/aromatic N) is 1. The van der Waals surface area contributed by atoms with Crippen molar-refractivity contribution in [1.82, 2.24) is 10.2 Å². The minimum Gasteiger partial charge on any atom is -0.343 e. The van der Waals surface area contributed by atoms with Gasteiger partial charge in [0.15, 0.2) is 5.82 Å². The quantitative estimate of drug-likeness (QED) is 0.747. The predicted molar refractivity (Wildman–Crippen MR) is 73.0 cm³/mol. The standard InChI is InChI=1S/C12H9BrN4O/c13-9-6-15-17-11(9)14-5-8-7-3-1-2-4-10(7)16-12(8)18/h1-6H,(H,16,18)(H2,14,15,17)/b8-5+. The number of carbonyl (C=O) groups is 1. The number of hydrogen-bond acceptors (Lipinski definition) is 3. The third-order valence-electron chi connectivity index (χ3n) is 2.66. The molecule has 1 aliphatic rings. The van der Waals surface area contributed by atoms with E-state index >= 15 is 0 Å². The zero-order valence-electron chi connectivity index (χ0n) is 9.20. The van der Waals surface area contributed by atoms with Gasteiger partial charge in [-0.3, -0.25) is 9.89 Å². The third-order valence-corrected chi connectivity index (χ3v) is 3.26. The number of fused-ring (bicyclic) bond motifs is 1. The van der Waals surface area contributed by atoms with Crippen molar-refractivity contribution in [3.05, 3.63) is 46.7 Å². The van der Waals surface area contributed by atoms with Crippen LogP contribution >= 0.6 is 15.9 Å². The molecule has 1 aliphatic heterocycles. The highest BCUT2D eigenvalue weighted by Gasteiger charge is 2.23. The van der Waals surface area contributed by atoms with E-state index in [9.17, 15) is 4.79 Å². The Labute approximate surface area is 111 Å². The van der Waals surface area contributed by atoms with Crippen molar-refractivity contribution >= 4 is 38.9 Å². The van der Waals surface area contributed by atoms with Gasteiger partial charge < -0.3 is 10.6 Å². The van der Waals surface area contributed by atoms with E-state index in [1.807, 2.05) is 24.3 Å². The Kier molecular flexibility index (Phi) is 2.64. The predicted octanol–water partition coefficient (Wildman–Crippen LogP) is 2.58. The fraction of sp³-hybridized carbons (Fsp3) is 0. The molecule has 2 heterocycles. The first kappa shape index (κ1) is 11.0. The number of amides is 1. The molecule has 1 aromatic heterocycles. The molecule has 0 fully saturated rings.